The Morgan fingerprint density at radius 3 is 2.03 bits per heavy atom. The van der Waals surface area contributed by atoms with Gasteiger partial charge in [-0.25, -0.2) is 0 Å². The molecule has 38 heavy (non-hydrogen) atoms. The summed E-state index contributed by atoms with van der Waals surface area (Å²) in [6.07, 6.45) is 0.910. The molecule has 0 saturated heterocycles. The minimum atomic E-state index is -3.81. The highest BCUT2D eigenvalue weighted by Gasteiger charge is 2.38. The Hall–Kier alpha value is -3.69. The van der Waals surface area contributed by atoms with Crippen LogP contribution in [0, 0.1) is 0 Å². The lowest BCUT2D eigenvalue weighted by molar-refractivity contribution is -0.161. The molecule has 0 aliphatic heterocycles. The molecule has 3 aromatic carbocycles. The van der Waals surface area contributed by atoms with Crippen LogP contribution in [-0.2, 0) is 29.2 Å². The molecule has 9 heteroatoms. The molecular weight excluding hydrogens is 506 g/mol. The van der Waals surface area contributed by atoms with Crippen molar-refractivity contribution >= 4 is 22.1 Å². The third kappa shape index (κ3) is 6.23. The molecule has 4 rings (SSSR count). The lowest BCUT2D eigenvalue weighted by atomic mass is 9.91. The molecule has 2 atom stereocenters. The average Bonchev–Trinajstić information content (AvgIpc) is 3.14. The SMILES string of the molecule is CC(C)(C)OC(=O)C(c1cccc(OS(C)(=O)=O)c1)C(N)C(=O)OCC1c2ccccc2-c2ccccc21. The first-order valence-corrected chi connectivity index (χ1v) is 14.0. The van der Waals surface area contributed by atoms with Crippen LogP contribution in [0.3, 0.4) is 0 Å². The minimum absolute atomic E-state index is 0.0155. The fourth-order valence-electron chi connectivity index (χ4n) is 4.63. The van der Waals surface area contributed by atoms with Crippen molar-refractivity contribution in [1.82, 2.24) is 0 Å². The van der Waals surface area contributed by atoms with Gasteiger partial charge in [-0.05, 0) is 60.7 Å². The first-order valence-electron chi connectivity index (χ1n) is 12.2. The van der Waals surface area contributed by atoms with E-state index in [2.05, 4.69) is 0 Å². The van der Waals surface area contributed by atoms with E-state index < -0.39 is 39.6 Å². The summed E-state index contributed by atoms with van der Waals surface area (Å²) in [6.45, 7) is 5.14. The van der Waals surface area contributed by atoms with Gasteiger partial charge in [-0.3, -0.25) is 9.59 Å². The number of fused-ring (bicyclic) bond motifs is 3. The average molecular weight is 538 g/mol. The van der Waals surface area contributed by atoms with Gasteiger partial charge in [0.2, 0.25) is 0 Å². The molecular formula is C29H31NO7S. The van der Waals surface area contributed by atoms with Crippen molar-refractivity contribution in [3.8, 4) is 16.9 Å². The van der Waals surface area contributed by atoms with Crippen LogP contribution in [-0.4, -0.2) is 44.9 Å². The third-order valence-electron chi connectivity index (χ3n) is 6.11. The number of benzene rings is 3. The molecule has 0 fully saturated rings. The standard InChI is InChI=1S/C29H31NO7S/c1-29(2,3)36-27(31)25(18-10-9-11-19(16-18)37-38(4,33)34)26(30)28(32)35-17-24-22-14-7-5-12-20(22)21-13-6-8-15-23(21)24/h5-16,24-26H,17,30H2,1-4H3. The van der Waals surface area contributed by atoms with Gasteiger partial charge in [0.05, 0.1) is 6.26 Å². The monoisotopic (exact) mass is 537 g/mol. The highest BCUT2D eigenvalue weighted by molar-refractivity contribution is 7.86. The maximum Gasteiger partial charge on any atom is 0.324 e. The largest absolute Gasteiger partial charge is 0.463 e. The number of esters is 2. The minimum Gasteiger partial charge on any atom is -0.463 e. The van der Waals surface area contributed by atoms with Crippen molar-refractivity contribution in [3.05, 3.63) is 89.5 Å². The summed E-state index contributed by atoms with van der Waals surface area (Å²) < 4.78 is 39.4. The maximum absolute atomic E-state index is 13.2. The normalized spacial score (nSPS) is 14.7. The van der Waals surface area contributed by atoms with Gasteiger partial charge in [-0.15, -0.1) is 0 Å². The maximum atomic E-state index is 13.2. The van der Waals surface area contributed by atoms with Crippen molar-refractivity contribution in [2.75, 3.05) is 12.9 Å². The quantitative estimate of drug-likeness (QED) is 0.336. The van der Waals surface area contributed by atoms with E-state index in [1.54, 1.807) is 26.8 Å². The molecule has 1 aliphatic rings. The molecule has 200 valence electrons. The second-order valence-electron chi connectivity index (χ2n) is 10.3. The second kappa shape index (κ2) is 10.6. The lowest BCUT2D eigenvalue weighted by Gasteiger charge is -2.27. The summed E-state index contributed by atoms with van der Waals surface area (Å²) in [6, 6.07) is 20.3. The van der Waals surface area contributed by atoms with E-state index in [1.807, 2.05) is 48.5 Å². The zero-order valence-corrected chi connectivity index (χ0v) is 22.5. The van der Waals surface area contributed by atoms with E-state index in [0.717, 1.165) is 28.5 Å². The van der Waals surface area contributed by atoms with Crippen LogP contribution in [0.1, 0.15) is 49.3 Å². The Labute approximate surface area is 222 Å². The van der Waals surface area contributed by atoms with E-state index in [0.29, 0.717) is 0 Å². The summed E-state index contributed by atoms with van der Waals surface area (Å²) in [5.41, 5.74) is 10.0. The number of nitrogens with two attached hydrogens (primary N) is 1. The van der Waals surface area contributed by atoms with Crippen molar-refractivity contribution in [2.24, 2.45) is 5.73 Å². The van der Waals surface area contributed by atoms with Crippen molar-refractivity contribution < 1.29 is 31.7 Å². The number of carbonyl (C=O) groups is 2. The first kappa shape index (κ1) is 27.3. The van der Waals surface area contributed by atoms with Gasteiger partial charge < -0.3 is 19.4 Å². The van der Waals surface area contributed by atoms with Gasteiger partial charge in [-0.2, -0.15) is 8.42 Å². The van der Waals surface area contributed by atoms with Crippen LogP contribution < -0.4 is 9.92 Å². The summed E-state index contributed by atoms with van der Waals surface area (Å²) in [5.74, 6) is -2.97. The zero-order valence-electron chi connectivity index (χ0n) is 21.7. The first-order chi connectivity index (χ1) is 17.8. The Morgan fingerprint density at radius 2 is 1.47 bits per heavy atom. The van der Waals surface area contributed by atoms with E-state index in [-0.39, 0.29) is 23.8 Å². The molecule has 3 aromatic rings. The Morgan fingerprint density at radius 1 is 0.895 bits per heavy atom. The Balaban J connectivity index is 1.59. The summed E-state index contributed by atoms with van der Waals surface area (Å²) in [5, 5.41) is 0. The Kier molecular flexibility index (Phi) is 7.62. The van der Waals surface area contributed by atoms with Gasteiger partial charge >= 0.3 is 22.1 Å². The van der Waals surface area contributed by atoms with E-state index in [4.69, 9.17) is 19.4 Å². The number of carbonyl (C=O) groups excluding carboxylic acids is 2. The highest BCUT2D eigenvalue weighted by atomic mass is 32.2. The van der Waals surface area contributed by atoms with Gasteiger partial charge in [-0.1, -0.05) is 60.7 Å². The fourth-order valence-corrected chi connectivity index (χ4v) is 5.08. The number of hydrogen-bond donors (Lipinski definition) is 1. The number of hydrogen-bond acceptors (Lipinski definition) is 8. The molecule has 0 heterocycles. The van der Waals surface area contributed by atoms with Crippen LogP contribution in [0.5, 0.6) is 5.75 Å². The predicted octanol–water partition coefficient (Wildman–Crippen LogP) is 4.13. The van der Waals surface area contributed by atoms with Crippen LogP contribution in [0.25, 0.3) is 11.1 Å². The third-order valence-corrected chi connectivity index (χ3v) is 6.61. The molecule has 0 bridgehead atoms. The van der Waals surface area contributed by atoms with Crippen molar-refractivity contribution in [1.29, 1.82) is 0 Å². The van der Waals surface area contributed by atoms with Gasteiger partial charge in [0, 0.05) is 5.92 Å². The molecule has 0 spiro atoms. The smallest absolute Gasteiger partial charge is 0.324 e. The highest BCUT2D eigenvalue weighted by Crippen LogP contribution is 2.44. The second-order valence-corrected chi connectivity index (χ2v) is 11.8. The molecule has 0 radical (unpaired) electrons. The summed E-state index contributed by atoms with van der Waals surface area (Å²) in [7, 11) is -3.81. The molecule has 8 nitrogen and oxygen atoms in total. The van der Waals surface area contributed by atoms with Gasteiger partial charge in [0.1, 0.15) is 29.9 Å². The van der Waals surface area contributed by atoms with E-state index in [9.17, 15) is 18.0 Å². The number of ether oxygens (including phenoxy) is 2. The molecule has 2 unspecified atom stereocenters. The van der Waals surface area contributed by atoms with E-state index in [1.165, 1.54) is 18.2 Å². The van der Waals surface area contributed by atoms with Crippen LogP contribution >= 0.6 is 0 Å². The van der Waals surface area contributed by atoms with Gasteiger partial charge in [0.25, 0.3) is 0 Å². The fraction of sp³-hybridized carbons (Fsp3) is 0.310. The van der Waals surface area contributed by atoms with Crippen molar-refractivity contribution in [2.45, 2.75) is 44.2 Å². The molecule has 0 amide bonds. The summed E-state index contributed by atoms with van der Waals surface area (Å²) >= 11 is 0. The van der Waals surface area contributed by atoms with Crippen molar-refractivity contribution in [3.63, 3.8) is 0 Å². The lowest BCUT2D eigenvalue weighted by Crippen LogP contribution is -2.44. The van der Waals surface area contributed by atoms with E-state index >= 15 is 0 Å². The predicted molar refractivity (Wildman–Crippen MR) is 143 cm³/mol. The molecule has 2 N–H and O–H groups in total. The number of rotatable bonds is 8. The van der Waals surface area contributed by atoms with Gasteiger partial charge in [0.15, 0.2) is 0 Å². The topological polar surface area (TPSA) is 122 Å². The molecule has 1 aliphatic carbocycles. The van der Waals surface area contributed by atoms with Crippen LogP contribution in [0.2, 0.25) is 0 Å². The van der Waals surface area contributed by atoms with Crippen LogP contribution in [0.4, 0.5) is 0 Å². The Bertz CT molecular complexity index is 1410. The molecule has 0 aromatic heterocycles. The molecule has 0 saturated carbocycles. The summed E-state index contributed by atoms with van der Waals surface area (Å²) in [4.78, 5) is 26.5. The van der Waals surface area contributed by atoms with Crippen LogP contribution in [0.15, 0.2) is 72.8 Å². The zero-order chi connectivity index (χ0) is 27.7.